The van der Waals surface area contributed by atoms with Crippen LogP contribution in [0.1, 0.15) is 39.0 Å². The van der Waals surface area contributed by atoms with Gasteiger partial charge in [-0.25, -0.2) is 0 Å². The van der Waals surface area contributed by atoms with Crippen LogP contribution in [-0.2, 0) is 14.3 Å². The van der Waals surface area contributed by atoms with E-state index in [0.717, 1.165) is 19.3 Å². The highest BCUT2D eigenvalue weighted by molar-refractivity contribution is 5.86. The van der Waals surface area contributed by atoms with E-state index in [1.54, 1.807) is 0 Å². The van der Waals surface area contributed by atoms with E-state index >= 15 is 0 Å². The van der Waals surface area contributed by atoms with Gasteiger partial charge in [0, 0.05) is 6.42 Å². The van der Waals surface area contributed by atoms with Gasteiger partial charge in [0.25, 0.3) is 0 Å². The Morgan fingerprint density at radius 2 is 2.00 bits per heavy atom. The van der Waals surface area contributed by atoms with Crippen LogP contribution in [0.4, 0.5) is 0 Å². The number of hydrogen-bond donors (Lipinski definition) is 1. The van der Waals surface area contributed by atoms with Crippen LogP contribution < -0.4 is 5.32 Å². The molecule has 0 aromatic carbocycles. The number of carbonyl (C=O) groups excluding carboxylic acids is 2. The van der Waals surface area contributed by atoms with Gasteiger partial charge in [-0.05, 0) is 19.3 Å². The normalized spacial score (nSPS) is 25.2. The number of ketones is 1. The number of hydrogen-bond acceptors (Lipinski definition) is 4. The van der Waals surface area contributed by atoms with E-state index in [0.29, 0.717) is 12.8 Å². The molecule has 0 aromatic rings. The van der Waals surface area contributed by atoms with Crippen molar-refractivity contribution in [2.75, 3.05) is 7.11 Å². The van der Waals surface area contributed by atoms with Crippen molar-refractivity contribution in [2.45, 2.75) is 51.1 Å². The van der Waals surface area contributed by atoms with Crippen LogP contribution in [0.5, 0.6) is 0 Å². The van der Waals surface area contributed by atoms with E-state index in [2.05, 4.69) is 17.0 Å². The Morgan fingerprint density at radius 1 is 1.33 bits per heavy atom. The molecule has 0 aromatic heterocycles. The summed E-state index contributed by atoms with van der Waals surface area (Å²) in [6, 6.07) is -0.425. The summed E-state index contributed by atoms with van der Waals surface area (Å²) < 4.78 is 4.63. The van der Waals surface area contributed by atoms with Crippen molar-refractivity contribution in [3.05, 3.63) is 0 Å². The van der Waals surface area contributed by atoms with E-state index in [-0.39, 0.29) is 23.8 Å². The van der Waals surface area contributed by atoms with Crippen LogP contribution in [0.25, 0.3) is 0 Å². The first-order valence-electron chi connectivity index (χ1n) is 5.55. The molecule has 1 heterocycles. The SMILES string of the molecule is CCCCC(=O)C1CC[C@@H](C(=O)OC)N1. The number of esters is 1. The Labute approximate surface area is 90.4 Å². The zero-order valence-corrected chi connectivity index (χ0v) is 9.41. The molecule has 1 fully saturated rings. The molecule has 15 heavy (non-hydrogen) atoms. The first kappa shape index (κ1) is 12.2. The monoisotopic (exact) mass is 213 g/mol. The number of unbranched alkanes of at least 4 members (excludes halogenated alkanes) is 1. The van der Waals surface area contributed by atoms with E-state index in [9.17, 15) is 9.59 Å². The molecule has 0 saturated carbocycles. The summed E-state index contributed by atoms with van der Waals surface area (Å²) in [5.74, 6) is -0.0379. The molecule has 4 nitrogen and oxygen atoms in total. The molecule has 2 atom stereocenters. The molecule has 1 unspecified atom stereocenters. The average molecular weight is 213 g/mol. The number of Topliss-reactive ketones (excluding diaryl/α,β-unsaturated/α-hetero) is 1. The number of carbonyl (C=O) groups is 2. The van der Waals surface area contributed by atoms with Crippen LogP contribution in [0.2, 0.25) is 0 Å². The van der Waals surface area contributed by atoms with Crippen molar-refractivity contribution in [1.82, 2.24) is 5.32 Å². The molecular formula is C11H19NO3. The lowest BCUT2D eigenvalue weighted by molar-refractivity contribution is -0.142. The van der Waals surface area contributed by atoms with Crippen LogP contribution in [0.3, 0.4) is 0 Å². The molecule has 4 heteroatoms. The molecule has 86 valence electrons. The zero-order chi connectivity index (χ0) is 11.3. The average Bonchev–Trinajstić information content (AvgIpc) is 2.74. The van der Waals surface area contributed by atoms with E-state index < -0.39 is 0 Å². The third kappa shape index (κ3) is 3.30. The number of ether oxygens (including phenoxy) is 1. The number of methoxy groups -OCH3 is 1. The Balaban J connectivity index is 2.35. The summed E-state index contributed by atoms with van der Waals surface area (Å²) in [6.45, 7) is 2.06. The predicted octanol–water partition coefficient (Wildman–Crippen LogP) is 1.04. The number of rotatable bonds is 5. The summed E-state index contributed by atoms with van der Waals surface area (Å²) >= 11 is 0. The molecule has 0 bridgehead atoms. The molecule has 1 aliphatic heterocycles. The van der Waals surface area contributed by atoms with Gasteiger partial charge in [0.15, 0.2) is 0 Å². The van der Waals surface area contributed by atoms with Gasteiger partial charge in [0.2, 0.25) is 0 Å². The minimum Gasteiger partial charge on any atom is -0.468 e. The van der Waals surface area contributed by atoms with Gasteiger partial charge in [-0.3, -0.25) is 14.9 Å². The lowest BCUT2D eigenvalue weighted by Crippen LogP contribution is -2.39. The van der Waals surface area contributed by atoms with Crippen molar-refractivity contribution in [3.63, 3.8) is 0 Å². The van der Waals surface area contributed by atoms with Crippen molar-refractivity contribution in [3.8, 4) is 0 Å². The third-order valence-electron chi connectivity index (χ3n) is 2.80. The van der Waals surface area contributed by atoms with Crippen molar-refractivity contribution in [2.24, 2.45) is 0 Å². The van der Waals surface area contributed by atoms with Gasteiger partial charge in [-0.1, -0.05) is 13.3 Å². The molecule has 1 rings (SSSR count). The molecular weight excluding hydrogens is 194 g/mol. The highest BCUT2D eigenvalue weighted by Gasteiger charge is 2.32. The Kier molecular flexibility index (Phi) is 4.75. The standard InChI is InChI=1S/C11H19NO3/c1-3-4-5-10(13)8-6-7-9(12-8)11(14)15-2/h8-9,12H,3-7H2,1-2H3/t8?,9-/m0/s1. The number of nitrogens with one attached hydrogen (secondary N) is 1. The fourth-order valence-electron chi connectivity index (χ4n) is 1.85. The highest BCUT2D eigenvalue weighted by Crippen LogP contribution is 2.16. The van der Waals surface area contributed by atoms with E-state index in [1.165, 1.54) is 7.11 Å². The lowest BCUT2D eigenvalue weighted by atomic mass is 10.1. The molecule has 1 N–H and O–H groups in total. The molecule has 1 saturated heterocycles. The smallest absolute Gasteiger partial charge is 0.322 e. The quantitative estimate of drug-likeness (QED) is 0.693. The highest BCUT2D eigenvalue weighted by atomic mass is 16.5. The van der Waals surface area contributed by atoms with Gasteiger partial charge in [-0.15, -0.1) is 0 Å². The largest absolute Gasteiger partial charge is 0.468 e. The lowest BCUT2D eigenvalue weighted by Gasteiger charge is -2.11. The van der Waals surface area contributed by atoms with Gasteiger partial charge in [0.05, 0.1) is 13.2 Å². The van der Waals surface area contributed by atoms with Gasteiger partial charge < -0.3 is 4.74 Å². The van der Waals surface area contributed by atoms with Crippen molar-refractivity contribution in [1.29, 1.82) is 0 Å². The van der Waals surface area contributed by atoms with Crippen molar-refractivity contribution < 1.29 is 14.3 Å². The summed E-state index contributed by atoms with van der Waals surface area (Å²) in [7, 11) is 1.37. The first-order chi connectivity index (χ1) is 7.19. The molecule has 0 aliphatic carbocycles. The Morgan fingerprint density at radius 3 is 2.60 bits per heavy atom. The summed E-state index contributed by atoms with van der Waals surface area (Å²) in [5, 5.41) is 3.03. The maximum Gasteiger partial charge on any atom is 0.322 e. The fraction of sp³-hybridized carbons (Fsp3) is 0.818. The van der Waals surface area contributed by atoms with Crippen LogP contribution in [0.15, 0.2) is 0 Å². The molecule has 0 radical (unpaired) electrons. The molecule has 1 aliphatic rings. The maximum absolute atomic E-state index is 11.6. The maximum atomic E-state index is 11.6. The Bertz CT molecular complexity index is 240. The Hall–Kier alpha value is -0.900. The molecule has 0 spiro atoms. The summed E-state index contributed by atoms with van der Waals surface area (Å²) in [6.07, 6.45) is 4.03. The second-order valence-electron chi connectivity index (χ2n) is 3.94. The predicted molar refractivity (Wildman–Crippen MR) is 56.5 cm³/mol. The second-order valence-corrected chi connectivity index (χ2v) is 3.94. The van der Waals surface area contributed by atoms with Crippen molar-refractivity contribution >= 4 is 11.8 Å². The van der Waals surface area contributed by atoms with Crippen LogP contribution >= 0.6 is 0 Å². The van der Waals surface area contributed by atoms with Crippen LogP contribution in [-0.4, -0.2) is 30.9 Å². The minimum absolute atomic E-state index is 0.138. The van der Waals surface area contributed by atoms with Gasteiger partial charge in [-0.2, -0.15) is 0 Å². The van der Waals surface area contributed by atoms with Gasteiger partial charge >= 0.3 is 5.97 Å². The fourth-order valence-corrected chi connectivity index (χ4v) is 1.85. The second kappa shape index (κ2) is 5.85. The topological polar surface area (TPSA) is 55.4 Å². The van der Waals surface area contributed by atoms with E-state index in [1.807, 2.05) is 0 Å². The van der Waals surface area contributed by atoms with E-state index in [4.69, 9.17) is 0 Å². The summed E-state index contributed by atoms with van der Waals surface area (Å²) in [5.41, 5.74) is 0. The van der Waals surface area contributed by atoms with Crippen LogP contribution in [0, 0.1) is 0 Å². The first-order valence-corrected chi connectivity index (χ1v) is 5.55. The summed E-state index contributed by atoms with van der Waals surface area (Å²) in [4.78, 5) is 22.8. The molecule has 0 amide bonds. The third-order valence-corrected chi connectivity index (χ3v) is 2.80. The van der Waals surface area contributed by atoms with Gasteiger partial charge in [0.1, 0.15) is 11.8 Å². The minimum atomic E-state index is -0.287. The zero-order valence-electron chi connectivity index (χ0n) is 9.41.